The zero-order chi connectivity index (χ0) is 11.7. The van der Waals surface area contributed by atoms with E-state index in [-0.39, 0.29) is 0 Å². The molecule has 0 radical (unpaired) electrons. The highest BCUT2D eigenvalue weighted by molar-refractivity contribution is 9.10. The van der Waals surface area contributed by atoms with E-state index in [2.05, 4.69) is 64.4 Å². The topological polar surface area (TPSA) is 16.1 Å². The lowest BCUT2D eigenvalue weighted by Gasteiger charge is -2.38. The van der Waals surface area contributed by atoms with Gasteiger partial charge in [-0.3, -0.25) is 0 Å². The molecule has 2 nitrogen and oxygen atoms in total. The van der Waals surface area contributed by atoms with Crippen molar-refractivity contribution < 1.29 is 0 Å². The van der Waals surface area contributed by atoms with Crippen LogP contribution in [0.4, 0.5) is 5.82 Å². The summed E-state index contributed by atoms with van der Waals surface area (Å²) in [5, 5.41) is 0.680. The zero-order valence-electron chi connectivity index (χ0n) is 9.90. The lowest BCUT2D eigenvalue weighted by atomic mass is 10.2. The summed E-state index contributed by atoms with van der Waals surface area (Å²) in [7, 11) is 0. The fourth-order valence-electron chi connectivity index (χ4n) is 1.94. The minimum Gasteiger partial charge on any atom is -0.352 e. The first-order valence-electron chi connectivity index (χ1n) is 5.60. The van der Waals surface area contributed by atoms with Crippen molar-refractivity contribution in [3.63, 3.8) is 0 Å². The van der Waals surface area contributed by atoms with Crippen molar-refractivity contribution in [1.82, 2.24) is 4.98 Å². The Labute approximate surface area is 110 Å². The zero-order valence-corrected chi connectivity index (χ0v) is 12.3. The number of thioether (sulfide) groups is 1. The summed E-state index contributed by atoms with van der Waals surface area (Å²) in [5.74, 6) is 2.31. The van der Waals surface area contributed by atoms with E-state index in [1.807, 2.05) is 6.20 Å². The quantitative estimate of drug-likeness (QED) is 0.790. The molecule has 1 aliphatic heterocycles. The number of aromatic nitrogens is 1. The summed E-state index contributed by atoms with van der Waals surface area (Å²) in [5.41, 5.74) is 1.25. The van der Waals surface area contributed by atoms with Gasteiger partial charge in [-0.05, 0) is 41.4 Å². The van der Waals surface area contributed by atoms with Gasteiger partial charge in [0.05, 0.1) is 0 Å². The second kappa shape index (κ2) is 4.96. The molecule has 1 saturated heterocycles. The lowest BCUT2D eigenvalue weighted by molar-refractivity contribution is 0.620. The van der Waals surface area contributed by atoms with Crippen molar-refractivity contribution in [2.45, 2.75) is 32.1 Å². The number of halogens is 1. The fraction of sp³-hybridized carbons (Fsp3) is 0.583. The Kier molecular flexibility index (Phi) is 3.80. The second-order valence-electron chi connectivity index (χ2n) is 4.30. The molecule has 0 spiro atoms. The number of anilines is 1. The number of rotatable bonds is 1. The van der Waals surface area contributed by atoms with Crippen LogP contribution >= 0.6 is 27.7 Å². The molecule has 0 amide bonds. The normalized spacial score (nSPS) is 25.9. The Morgan fingerprint density at radius 3 is 2.94 bits per heavy atom. The first-order chi connectivity index (χ1) is 7.59. The van der Waals surface area contributed by atoms with E-state index in [4.69, 9.17) is 0 Å². The van der Waals surface area contributed by atoms with Crippen molar-refractivity contribution in [1.29, 1.82) is 0 Å². The van der Waals surface area contributed by atoms with Crippen LogP contribution in [0.1, 0.15) is 19.4 Å². The van der Waals surface area contributed by atoms with Gasteiger partial charge in [0.1, 0.15) is 5.82 Å². The molecule has 4 heteroatoms. The number of nitrogens with zero attached hydrogens (tertiary/aromatic N) is 2. The van der Waals surface area contributed by atoms with E-state index in [1.165, 1.54) is 11.3 Å². The third-order valence-electron chi connectivity index (χ3n) is 3.21. The van der Waals surface area contributed by atoms with Crippen molar-refractivity contribution in [2.75, 3.05) is 17.2 Å². The first-order valence-corrected chi connectivity index (χ1v) is 7.44. The number of hydrogen-bond acceptors (Lipinski definition) is 3. The lowest BCUT2D eigenvalue weighted by Crippen LogP contribution is -2.45. The van der Waals surface area contributed by atoms with Gasteiger partial charge >= 0.3 is 0 Å². The van der Waals surface area contributed by atoms with E-state index < -0.39 is 0 Å². The Hall–Kier alpha value is -0.220. The molecule has 0 aliphatic carbocycles. The third-order valence-corrected chi connectivity index (χ3v) is 5.38. The Bertz CT molecular complexity index is 383. The molecule has 2 rings (SSSR count). The van der Waals surface area contributed by atoms with Gasteiger partial charge in [0.25, 0.3) is 0 Å². The first kappa shape index (κ1) is 12.2. The van der Waals surface area contributed by atoms with Crippen molar-refractivity contribution in [3.8, 4) is 0 Å². The van der Waals surface area contributed by atoms with E-state index in [9.17, 15) is 0 Å². The molecular formula is C12H17BrN2S. The molecule has 1 aromatic rings. The van der Waals surface area contributed by atoms with Crippen molar-refractivity contribution in [3.05, 3.63) is 22.3 Å². The summed E-state index contributed by atoms with van der Waals surface area (Å²) < 4.78 is 1.09. The van der Waals surface area contributed by atoms with Gasteiger partial charge in [0.2, 0.25) is 0 Å². The molecule has 0 aromatic carbocycles. The summed E-state index contributed by atoms with van der Waals surface area (Å²) in [6.07, 6.45) is 1.91. The maximum atomic E-state index is 4.52. The molecule has 2 atom stereocenters. The Morgan fingerprint density at radius 1 is 1.50 bits per heavy atom. The van der Waals surface area contributed by atoms with E-state index in [0.29, 0.717) is 11.3 Å². The van der Waals surface area contributed by atoms with Gasteiger partial charge in [-0.25, -0.2) is 4.98 Å². The van der Waals surface area contributed by atoms with Crippen molar-refractivity contribution in [2.24, 2.45) is 0 Å². The Balaban J connectivity index is 2.25. The standard InChI is InChI=1S/C12H17BrN2S/c1-8-6-12(14-7-11(8)13)15-4-5-16-10(3)9(15)2/h6-7,9-10H,4-5H2,1-3H3. The summed E-state index contributed by atoms with van der Waals surface area (Å²) in [6, 6.07) is 2.73. The largest absolute Gasteiger partial charge is 0.352 e. The minimum atomic E-state index is 0.562. The summed E-state index contributed by atoms with van der Waals surface area (Å²) in [6.45, 7) is 7.80. The summed E-state index contributed by atoms with van der Waals surface area (Å²) >= 11 is 5.55. The SMILES string of the molecule is Cc1cc(N2CCSC(C)C2C)ncc1Br. The summed E-state index contributed by atoms with van der Waals surface area (Å²) in [4.78, 5) is 6.93. The van der Waals surface area contributed by atoms with Crippen LogP contribution in [0.2, 0.25) is 0 Å². The predicted octanol–water partition coefficient (Wildman–Crippen LogP) is 3.48. The molecule has 0 bridgehead atoms. The van der Waals surface area contributed by atoms with Gasteiger partial charge in [-0.15, -0.1) is 0 Å². The van der Waals surface area contributed by atoms with E-state index in [0.717, 1.165) is 16.8 Å². The molecule has 88 valence electrons. The molecule has 16 heavy (non-hydrogen) atoms. The second-order valence-corrected chi connectivity index (χ2v) is 6.64. The van der Waals surface area contributed by atoms with Gasteiger partial charge in [0, 0.05) is 34.3 Å². The van der Waals surface area contributed by atoms with Crippen LogP contribution in [-0.2, 0) is 0 Å². The maximum Gasteiger partial charge on any atom is 0.129 e. The molecule has 1 fully saturated rings. The molecule has 1 aromatic heterocycles. The highest BCUT2D eigenvalue weighted by Crippen LogP contribution is 2.29. The number of pyridine rings is 1. The van der Waals surface area contributed by atoms with Crippen LogP contribution in [0.3, 0.4) is 0 Å². The molecule has 1 aliphatic rings. The van der Waals surface area contributed by atoms with Gasteiger partial charge in [-0.2, -0.15) is 11.8 Å². The third kappa shape index (κ3) is 2.38. The average Bonchev–Trinajstić information content (AvgIpc) is 2.26. The predicted molar refractivity (Wildman–Crippen MR) is 75.4 cm³/mol. The highest BCUT2D eigenvalue weighted by Gasteiger charge is 2.26. The average molecular weight is 301 g/mol. The van der Waals surface area contributed by atoms with Gasteiger partial charge in [-0.1, -0.05) is 6.92 Å². The number of aryl methyl sites for hydroxylation is 1. The Morgan fingerprint density at radius 2 is 2.25 bits per heavy atom. The van der Waals surface area contributed by atoms with Crippen LogP contribution in [0.5, 0.6) is 0 Å². The smallest absolute Gasteiger partial charge is 0.129 e. The monoisotopic (exact) mass is 300 g/mol. The molecule has 2 unspecified atom stereocenters. The molecular weight excluding hydrogens is 284 g/mol. The molecule has 0 N–H and O–H groups in total. The van der Waals surface area contributed by atoms with Crippen LogP contribution < -0.4 is 4.90 Å². The van der Waals surface area contributed by atoms with Crippen LogP contribution in [-0.4, -0.2) is 28.6 Å². The van der Waals surface area contributed by atoms with Crippen LogP contribution in [0, 0.1) is 6.92 Å². The molecule has 0 saturated carbocycles. The van der Waals surface area contributed by atoms with Crippen LogP contribution in [0.15, 0.2) is 16.7 Å². The van der Waals surface area contributed by atoms with E-state index >= 15 is 0 Å². The van der Waals surface area contributed by atoms with E-state index in [1.54, 1.807) is 0 Å². The minimum absolute atomic E-state index is 0.562. The number of hydrogen-bond donors (Lipinski definition) is 0. The van der Waals surface area contributed by atoms with Crippen molar-refractivity contribution >= 4 is 33.5 Å². The molecule has 2 heterocycles. The maximum absolute atomic E-state index is 4.52. The fourth-order valence-corrected chi connectivity index (χ4v) is 3.25. The van der Waals surface area contributed by atoms with Gasteiger partial charge in [0.15, 0.2) is 0 Å². The van der Waals surface area contributed by atoms with Crippen LogP contribution in [0.25, 0.3) is 0 Å². The highest BCUT2D eigenvalue weighted by atomic mass is 79.9. The van der Waals surface area contributed by atoms with Gasteiger partial charge < -0.3 is 4.90 Å².